The van der Waals surface area contributed by atoms with E-state index in [2.05, 4.69) is 26.1 Å². The molecule has 0 aromatic heterocycles. The Morgan fingerprint density at radius 1 is 0.907 bits per heavy atom. The molecule has 1 aliphatic carbocycles. The lowest BCUT2D eigenvalue weighted by molar-refractivity contribution is -0.140. The summed E-state index contributed by atoms with van der Waals surface area (Å²) in [6.45, 7) is 8.01. The largest absolute Gasteiger partial charge is 0.352 e. The molecule has 1 N–H and O–H groups in total. The Kier molecular flexibility index (Phi) is 10.3. The minimum absolute atomic E-state index is 0.0792. The topological polar surface area (TPSA) is 86.8 Å². The van der Waals surface area contributed by atoms with Gasteiger partial charge in [-0.15, -0.1) is 0 Å². The van der Waals surface area contributed by atoms with Crippen LogP contribution < -0.4 is 9.62 Å². The Bertz CT molecular complexity index is 1490. The summed E-state index contributed by atoms with van der Waals surface area (Å²) in [4.78, 5) is 29.8. The molecule has 0 radical (unpaired) electrons. The van der Waals surface area contributed by atoms with Gasteiger partial charge in [0.25, 0.3) is 0 Å². The van der Waals surface area contributed by atoms with Crippen LogP contribution in [-0.2, 0) is 38.0 Å². The van der Waals surface area contributed by atoms with E-state index in [0.29, 0.717) is 12.1 Å². The number of anilines is 1. The molecular weight excluding hydrogens is 558 g/mol. The molecule has 0 bridgehead atoms. The van der Waals surface area contributed by atoms with Gasteiger partial charge >= 0.3 is 0 Å². The summed E-state index contributed by atoms with van der Waals surface area (Å²) in [6.07, 6.45) is 5.40. The number of hydrogen-bond donors (Lipinski definition) is 1. The number of nitrogens with zero attached hydrogens (tertiary/aromatic N) is 2. The maximum atomic E-state index is 14.3. The van der Waals surface area contributed by atoms with E-state index in [-0.39, 0.29) is 23.9 Å². The first-order chi connectivity index (χ1) is 20.3. The van der Waals surface area contributed by atoms with E-state index in [1.807, 2.05) is 73.7 Å². The molecule has 1 saturated carbocycles. The molecule has 0 unspecified atom stereocenters. The van der Waals surface area contributed by atoms with Gasteiger partial charge in [-0.1, -0.05) is 106 Å². The normalized spacial score (nSPS) is 14.7. The molecule has 0 spiro atoms. The van der Waals surface area contributed by atoms with Crippen LogP contribution in [0.3, 0.4) is 0 Å². The Morgan fingerprint density at radius 2 is 1.53 bits per heavy atom. The van der Waals surface area contributed by atoms with Crippen LogP contribution in [0.5, 0.6) is 0 Å². The second-order valence-electron chi connectivity index (χ2n) is 12.8. The number of amides is 2. The van der Waals surface area contributed by atoms with Gasteiger partial charge in [-0.3, -0.25) is 13.9 Å². The third kappa shape index (κ3) is 8.92. The van der Waals surface area contributed by atoms with Crippen LogP contribution in [0, 0.1) is 6.92 Å². The van der Waals surface area contributed by atoms with Crippen molar-refractivity contribution in [1.29, 1.82) is 0 Å². The fraction of sp³-hybridized carbons (Fsp3) is 0.429. The molecule has 43 heavy (non-hydrogen) atoms. The summed E-state index contributed by atoms with van der Waals surface area (Å²) in [7, 11) is -3.81. The smallest absolute Gasteiger partial charge is 0.244 e. The van der Waals surface area contributed by atoms with Crippen LogP contribution in [0.4, 0.5) is 5.69 Å². The third-order valence-corrected chi connectivity index (χ3v) is 9.25. The highest BCUT2D eigenvalue weighted by Crippen LogP contribution is 2.27. The zero-order chi connectivity index (χ0) is 31.2. The molecule has 1 aliphatic rings. The molecule has 0 aliphatic heterocycles. The zero-order valence-corrected chi connectivity index (χ0v) is 26.9. The number of carbonyl (C=O) groups excluding carboxylic acids is 2. The molecule has 2 amide bonds. The summed E-state index contributed by atoms with van der Waals surface area (Å²) in [5.41, 5.74) is 4.20. The van der Waals surface area contributed by atoms with E-state index in [0.717, 1.165) is 58.5 Å². The molecule has 3 aromatic carbocycles. The first-order valence-electron chi connectivity index (χ1n) is 15.1. The van der Waals surface area contributed by atoms with Gasteiger partial charge in [0, 0.05) is 19.0 Å². The van der Waals surface area contributed by atoms with Crippen molar-refractivity contribution >= 4 is 27.5 Å². The molecule has 1 fully saturated rings. The molecule has 1 atom stereocenters. The molecule has 8 heteroatoms. The van der Waals surface area contributed by atoms with Gasteiger partial charge in [0.1, 0.15) is 12.6 Å². The Morgan fingerprint density at radius 3 is 2.12 bits per heavy atom. The quantitative estimate of drug-likeness (QED) is 0.302. The zero-order valence-electron chi connectivity index (χ0n) is 26.0. The van der Waals surface area contributed by atoms with Crippen LogP contribution in [0.2, 0.25) is 0 Å². The maximum absolute atomic E-state index is 14.3. The fourth-order valence-electron chi connectivity index (χ4n) is 5.67. The average molecular weight is 604 g/mol. The molecule has 4 rings (SSSR count). The summed E-state index contributed by atoms with van der Waals surface area (Å²) in [6, 6.07) is 24.0. The van der Waals surface area contributed by atoms with E-state index >= 15 is 0 Å². The van der Waals surface area contributed by atoms with Crippen molar-refractivity contribution in [1.82, 2.24) is 10.2 Å². The van der Waals surface area contributed by atoms with Crippen molar-refractivity contribution in [3.05, 3.63) is 101 Å². The highest BCUT2D eigenvalue weighted by molar-refractivity contribution is 7.92. The van der Waals surface area contributed by atoms with Crippen LogP contribution in [-0.4, -0.2) is 50.0 Å². The Labute approximate surface area is 257 Å². The van der Waals surface area contributed by atoms with Crippen LogP contribution in [0.15, 0.2) is 78.9 Å². The Hall–Kier alpha value is -3.65. The number of benzene rings is 3. The van der Waals surface area contributed by atoms with Crippen molar-refractivity contribution in [3.63, 3.8) is 0 Å². The van der Waals surface area contributed by atoms with Crippen molar-refractivity contribution in [2.24, 2.45) is 0 Å². The van der Waals surface area contributed by atoms with Crippen LogP contribution in [0.25, 0.3) is 0 Å². The van der Waals surface area contributed by atoms with Gasteiger partial charge in [-0.2, -0.15) is 0 Å². The van der Waals surface area contributed by atoms with Gasteiger partial charge in [-0.25, -0.2) is 8.42 Å². The number of hydrogen-bond acceptors (Lipinski definition) is 4. The minimum Gasteiger partial charge on any atom is -0.352 e. The van der Waals surface area contributed by atoms with Gasteiger partial charge in [0.05, 0.1) is 11.9 Å². The first kappa shape index (κ1) is 32.3. The maximum Gasteiger partial charge on any atom is 0.244 e. The van der Waals surface area contributed by atoms with Gasteiger partial charge in [0.2, 0.25) is 21.8 Å². The standard InChI is InChI=1S/C35H45N3O4S/c1-26-12-11-15-28(22-26)24-37(32(23-27-13-7-6-8-14-27)34(40)36-30-16-9-10-17-30)33(39)25-38(43(5,41)42)31-20-18-29(19-21-31)35(2,3)4/h6-8,11-15,18-22,30,32H,9-10,16-17,23-25H2,1-5H3,(H,36,40)/t32-/m1/s1. The van der Waals surface area contributed by atoms with Crippen molar-refractivity contribution in [2.45, 2.75) is 83.8 Å². The second-order valence-corrected chi connectivity index (χ2v) is 14.7. The molecule has 3 aromatic rings. The molecular formula is C35H45N3O4S. The summed E-state index contributed by atoms with van der Waals surface area (Å²) in [5, 5.41) is 3.20. The summed E-state index contributed by atoms with van der Waals surface area (Å²) < 4.78 is 27.3. The average Bonchev–Trinajstić information content (AvgIpc) is 3.46. The van der Waals surface area contributed by atoms with E-state index in [4.69, 9.17) is 0 Å². The molecule has 230 valence electrons. The van der Waals surface area contributed by atoms with Gasteiger partial charge in [-0.05, 0) is 54.0 Å². The highest BCUT2D eigenvalue weighted by Gasteiger charge is 2.34. The van der Waals surface area contributed by atoms with Crippen molar-refractivity contribution in [3.8, 4) is 0 Å². The molecule has 0 heterocycles. The second kappa shape index (κ2) is 13.8. The molecule has 0 saturated heterocycles. The van der Waals surface area contributed by atoms with Crippen molar-refractivity contribution in [2.75, 3.05) is 17.1 Å². The fourth-order valence-corrected chi connectivity index (χ4v) is 6.52. The van der Waals surface area contributed by atoms with Crippen molar-refractivity contribution < 1.29 is 18.0 Å². The van der Waals surface area contributed by atoms with E-state index < -0.39 is 28.5 Å². The number of aryl methyl sites for hydroxylation is 1. The van der Waals surface area contributed by atoms with Crippen LogP contribution >= 0.6 is 0 Å². The lowest BCUT2D eigenvalue weighted by atomic mass is 9.87. The highest BCUT2D eigenvalue weighted by atomic mass is 32.2. The van der Waals surface area contributed by atoms with E-state index in [1.54, 1.807) is 17.0 Å². The predicted octanol–water partition coefficient (Wildman–Crippen LogP) is 5.76. The predicted molar refractivity (Wildman–Crippen MR) is 173 cm³/mol. The SMILES string of the molecule is Cc1cccc(CN(C(=O)CN(c2ccc(C(C)(C)C)cc2)S(C)(=O)=O)[C@H](Cc2ccccc2)C(=O)NC2CCCC2)c1. The number of rotatable bonds is 11. The van der Waals surface area contributed by atoms with Gasteiger partial charge < -0.3 is 10.2 Å². The first-order valence-corrected chi connectivity index (χ1v) is 16.9. The lowest BCUT2D eigenvalue weighted by Crippen LogP contribution is -2.54. The number of sulfonamides is 1. The monoisotopic (exact) mass is 603 g/mol. The van der Waals surface area contributed by atoms with E-state index in [9.17, 15) is 18.0 Å². The minimum atomic E-state index is -3.81. The third-order valence-electron chi connectivity index (χ3n) is 8.11. The number of nitrogens with one attached hydrogen (secondary N) is 1. The summed E-state index contributed by atoms with van der Waals surface area (Å²) in [5.74, 6) is -0.647. The summed E-state index contributed by atoms with van der Waals surface area (Å²) >= 11 is 0. The lowest BCUT2D eigenvalue weighted by Gasteiger charge is -2.34. The number of carbonyl (C=O) groups is 2. The Balaban J connectivity index is 1.72. The van der Waals surface area contributed by atoms with Gasteiger partial charge in [0.15, 0.2) is 0 Å². The van der Waals surface area contributed by atoms with E-state index in [1.165, 1.54) is 0 Å². The van der Waals surface area contributed by atoms with Crippen LogP contribution in [0.1, 0.15) is 68.7 Å². The molecule has 7 nitrogen and oxygen atoms in total.